The number of amides is 1. The molecular weight excluding hydrogens is 262 g/mol. The second-order valence-corrected chi connectivity index (χ2v) is 5.91. The lowest BCUT2D eigenvalue weighted by atomic mass is 10.2. The zero-order valence-electron chi connectivity index (χ0n) is 11.8. The van der Waals surface area contributed by atoms with Crippen LogP contribution in [0.3, 0.4) is 0 Å². The maximum Gasteiger partial charge on any atom is 0.413 e. The highest BCUT2D eigenvalue weighted by Gasteiger charge is 2.28. The summed E-state index contributed by atoms with van der Waals surface area (Å²) in [6, 6.07) is 1.71. The zero-order chi connectivity index (χ0) is 14.9. The van der Waals surface area contributed by atoms with Gasteiger partial charge in [-0.05, 0) is 33.6 Å². The molecule has 1 amide bonds. The first kappa shape index (κ1) is 14.4. The van der Waals surface area contributed by atoms with Crippen molar-refractivity contribution in [2.75, 3.05) is 5.32 Å². The number of carbonyl (C=O) groups excluding carboxylic acids is 1. The topological polar surface area (TPSA) is 93.5 Å². The van der Waals surface area contributed by atoms with Gasteiger partial charge in [0.1, 0.15) is 18.0 Å². The van der Waals surface area contributed by atoms with Gasteiger partial charge in [-0.25, -0.2) is 9.48 Å². The molecule has 2 N–H and O–H groups in total. The Morgan fingerprint density at radius 3 is 2.65 bits per heavy atom. The first-order valence-corrected chi connectivity index (χ1v) is 6.54. The van der Waals surface area contributed by atoms with Crippen molar-refractivity contribution >= 4 is 17.9 Å². The van der Waals surface area contributed by atoms with E-state index >= 15 is 0 Å². The molecule has 110 valence electrons. The molecule has 1 aromatic heterocycles. The van der Waals surface area contributed by atoms with Gasteiger partial charge in [-0.3, -0.25) is 10.1 Å². The van der Waals surface area contributed by atoms with Gasteiger partial charge >= 0.3 is 12.1 Å². The van der Waals surface area contributed by atoms with Crippen LogP contribution in [-0.2, 0) is 16.1 Å². The van der Waals surface area contributed by atoms with Gasteiger partial charge in [-0.1, -0.05) is 0 Å². The molecule has 1 aliphatic carbocycles. The van der Waals surface area contributed by atoms with E-state index in [1.54, 1.807) is 26.8 Å². The van der Waals surface area contributed by atoms with E-state index in [1.165, 1.54) is 4.68 Å². The highest BCUT2D eigenvalue weighted by molar-refractivity contribution is 5.84. The highest BCUT2D eigenvalue weighted by atomic mass is 16.6. The summed E-state index contributed by atoms with van der Waals surface area (Å²) >= 11 is 0. The molecule has 1 heterocycles. The van der Waals surface area contributed by atoms with Gasteiger partial charge in [-0.2, -0.15) is 5.10 Å². The predicted octanol–water partition coefficient (Wildman–Crippen LogP) is 2.19. The number of aliphatic carboxylic acids is 1. The predicted molar refractivity (Wildman–Crippen MR) is 71.7 cm³/mol. The van der Waals surface area contributed by atoms with E-state index in [1.807, 2.05) is 0 Å². The molecule has 0 bridgehead atoms. The van der Waals surface area contributed by atoms with Crippen LogP contribution in [0.2, 0.25) is 0 Å². The van der Waals surface area contributed by atoms with Gasteiger partial charge in [-0.15, -0.1) is 0 Å². The van der Waals surface area contributed by atoms with E-state index in [-0.39, 0.29) is 6.54 Å². The lowest BCUT2D eigenvalue weighted by Gasteiger charge is -2.19. The minimum Gasteiger partial charge on any atom is -0.480 e. The molecule has 0 atom stereocenters. The molecule has 0 aromatic carbocycles. The average molecular weight is 281 g/mol. The third kappa shape index (κ3) is 3.97. The summed E-state index contributed by atoms with van der Waals surface area (Å²) in [5.74, 6) is -0.282. The van der Waals surface area contributed by atoms with Crippen molar-refractivity contribution in [1.82, 2.24) is 9.78 Å². The van der Waals surface area contributed by atoms with Crippen molar-refractivity contribution in [2.45, 2.75) is 51.7 Å². The summed E-state index contributed by atoms with van der Waals surface area (Å²) in [5, 5.41) is 15.6. The van der Waals surface area contributed by atoms with Crippen molar-refractivity contribution in [1.29, 1.82) is 0 Å². The molecule has 1 saturated carbocycles. The first-order chi connectivity index (χ1) is 9.24. The number of nitrogens with zero attached hydrogens (tertiary/aromatic N) is 2. The van der Waals surface area contributed by atoms with Crippen LogP contribution in [0.1, 0.15) is 45.2 Å². The van der Waals surface area contributed by atoms with E-state index < -0.39 is 17.7 Å². The number of aromatic nitrogens is 2. The molecule has 0 unspecified atom stereocenters. The summed E-state index contributed by atoms with van der Waals surface area (Å²) < 4.78 is 6.43. The molecule has 20 heavy (non-hydrogen) atoms. The van der Waals surface area contributed by atoms with Gasteiger partial charge in [0.05, 0.1) is 5.69 Å². The zero-order valence-corrected chi connectivity index (χ0v) is 11.8. The quantitative estimate of drug-likeness (QED) is 0.882. The molecule has 7 heteroatoms. The first-order valence-electron chi connectivity index (χ1n) is 6.54. The molecule has 1 fully saturated rings. The second kappa shape index (κ2) is 5.15. The van der Waals surface area contributed by atoms with Crippen LogP contribution in [-0.4, -0.2) is 32.6 Å². The third-order valence-corrected chi connectivity index (χ3v) is 2.71. The average Bonchev–Trinajstić information content (AvgIpc) is 3.01. The Hall–Kier alpha value is -2.05. The number of nitrogens with one attached hydrogen (secondary N) is 1. The Bertz CT molecular complexity index is 526. The van der Waals surface area contributed by atoms with Crippen LogP contribution in [0.4, 0.5) is 10.6 Å². The number of carboxylic acids is 1. The molecule has 0 saturated heterocycles. The van der Waals surface area contributed by atoms with Gasteiger partial charge in [0.25, 0.3) is 0 Å². The van der Waals surface area contributed by atoms with E-state index in [9.17, 15) is 9.59 Å². The smallest absolute Gasteiger partial charge is 0.413 e. The Balaban J connectivity index is 2.12. The van der Waals surface area contributed by atoms with Crippen LogP contribution in [0.25, 0.3) is 0 Å². The number of hydrogen-bond donors (Lipinski definition) is 2. The molecule has 1 aromatic rings. The van der Waals surface area contributed by atoms with Crippen LogP contribution in [0.5, 0.6) is 0 Å². The number of anilines is 1. The van der Waals surface area contributed by atoms with Gasteiger partial charge in [0.15, 0.2) is 0 Å². The number of rotatable bonds is 4. The summed E-state index contributed by atoms with van der Waals surface area (Å²) in [6.45, 7) is 4.99. The van der Waals surface area contributed by atoms with Crippen LogP contribution >= 0.6 is 0 Å². The molecule has 2 rings (SSSR count). The van der Waals surface area contributed by atoms with Gasteiger partial charge in [0, 0.05) is 12.0 Å². The largest absolute Gasteiger partial charge is 0.480 e. The molecule has 1 aliphatic rings. The minimum atomic E-state index is -1.01. The monoisotopic (exact) mass is 281 g/mol. The molecular formula is C13H19N3O4. The number of ether oxygens (including phenoxy) is 1. The lowest BCUT2D eigenvalue weighted by molar-refractivity contribution is -0.137. The summed E-state index contributed by atoms with van der Waals surface area (Å²) in [4.78, 5) is 22.6. The summed E-state index contributed by atoms with van der Waals surface area (Å²) in [7, 11) is 0. The number of carbonyl (C=O) groups is 2. The number of carboxylic acid groups (broad SMARTS) is 1. The highest BCUT2D eigenvalue weighted by Crippen LogP contribution is 2.40. The van der Waals surface area contributed by atoms with Crippen molar-refractivity contribution in [3.8, 4) is 0 Å². The second-order valence-electron chi connectivity index (χ2n) is 5.91. The fourth-order valence-electron chi connectivity index (χ4n) is 1.77. The van der Waals surface area contributed by atoms with Gasteiger partial charge < -0.3 is 9.84 Å². The summed E-state index contributed by atoms with van der Waals surface area (Å²) in [5.41, 5.74) is 0.207. The van der Waals surface area contributed by atoms with Crippen molar-refractivity contribution in [3.05, 3.63) is 11.8 Å². The fourth-order valence-corrected chi connectivity index (χ4v) is 1.77. The Morgan fingerprint density at radius 2 is 2.15 bits per heavy atom. The lowest BCUT2D eigenvalue weighted by Crippen LogP contribution is -2.28. The standard InChI is InChI=1S/C13H19N3O4/c1-13(2,3)20-12(19)14-10-6-9(8-4-5-8)15-16(10)7-11(17)18/h6,8H,4-5,7H2,1-3H3,(H,14,19)(H,17,18). The molecule has 7 nitrogen and oxygen atoms in total. The van der Waals surface area contributed by atoms with Gasteiger partial charge in [0.2, 0.25) is 0 Å². The molecule has 0 radical (unpaired) electrons. The fraction of sp³-hybridized carbons (Fsp3) is 0.615. The normalized spacial score (nSPS) is 14.9. The van der Waals surface area contributed by atoms with Crippen molar-refractivity contribution < 1.29 is 19.4 Å². The maximum absolute atomic E-state index is 11.7. The SMILES string of the molecule is CC(C)(C)OC(=O)Nc1cc(C2CC2)nn1CC(=O)O. The van der Waals surface area contributed by atoms with Crippen molar-refractivity contribution in [3.63, 3.8) is 0 Å². The Labute approximate surface area is 116 Å². The van der Waals surface area contributed by atoms with E-state index in [2.05, 4.69) is 10.4 Å². The van der Waals surface area contributed by atoms with Crippen LogP contribution < -0.4 is 5.32 Å². The Kier molecular flexibility index (Phi) is 3.69. The maximum atomic E-state index is 11.7. The number of hydrogen-bond acceptors (Lipinski definition) is 4. The van der Waals surface area contributed by atoms with Crippen molar-refractivity contribution in [2.24, 2.45) is 0 Å². The van der Waals surface area contributed by atoms with E-state index in [0.29, 0.717) is 11.7 Å². The summed E-state index contributed by atoms with van der Waals surface area (Å²) in [6.07, 6.45) is 1.48. The molecule has 0 spiro atoms. The van der Waals surface area contributed by atoms with E-state index in [4.69, 9.17) is 9.84 Å². The van der Waals surface area contributed by atoms with Crippen LogP contribution in [0.15, 0.2) is 6.07 Å². The Morgan fingerprint density at radius 1 is 1.50 bits per heavy atom. The van der Waals surface area contributed by atoms with E-state index in [0.717, 1.165) is 18.5 Å². The third-order valence-electron chi connectivity index (χ3n) is 2.71. The minimum absolute atomic E-state index is 0.294. The molecule has 0 aliphatic heterocycles. The van der Waals surface area contributed by atoms with Crippen LogP contribution in [0, 0.1) is 0 Å².